The third kappa shape index (κ3) is 3.05. The third-order valence-electron chi connectivity index (χ3n) is 4.49. The maximum absolute atomic E-state index is 12.7. The number of nitrogens with zero attached hydrogens (tertiary/aromatic N) is 3. The van der Waals surface area contributed by atoms with Gasteiger partial charge < -0.3 is 20.6 Å². The maximum atomic E-state index is 12.7. The Kier molecular flexibility index (Phi) is 4.51. The number of para-hydroxylation sites is 2. The van der Waals surface area contributed by atoms with E-state index in [1.165, 1.54) is 35.9 Å². The van der Waals surface area contributed by atoms with Crippen molar-refractivity contribution < 1.29 is 19.4 Å². The monoisotopic (exact) mass is 405 g/mol. The molecule has 4 N–H and O–H groups in total. The number of methoxy groups -OCH3 is 1. The van der Waals surface area contributed by atoms with Crippen molar-refractivity contribution in [1.82, 2.24) is 19.5 Å². The van der Waals surface area contributed by atoms with E-state index in [0.717, 1.165) is 0 Å². The quantitative estimate of drug-likeness (QED) is 0.455. The molecule has 0 fully saturated rings. The number of aromatic amines is 1. The first-order valence-corrected chi connectivity index (χ1v) is 8.70. The van der Waals surface area contributed by atoms with Crippen LogP contribution in [0.5, 0.6) is 5.75 Å². The number of aromatic carboxylic acids is 1. The van der Waals surface area contributed by atoms with Crippen LogP contribution in [0.3, 0.4) is 0 Å². The zero-order valence-corrected chi connectivity index (χ0v) is 15.6. The number of benzene rings is 2. The molecule has 4 rings (SSSR count). The van der Waals surface area contributed by atoms with Crippen molar-refractivity contribution in [2.45, 2.75) is 0 Å². The van der Waals surface area contributed by atoms with Crippen LogP contribution >= 0.6 is 0 Å². The molecule has 10 heteroatoms. The molecule has 1 amide bonds. The first kappa shape index (κ1) is 18.9. The Morgan fingerprint density at radius 1 is 1.10 bits per heavy atom. The van der Waals surface area contributed by atoms with Crippen LogP contribution in [-0.2, 0) is 0 Å². The van der Waals surface area contributed by atoms with Gasteiger partial charge in [0.2, 0.25) is 0 Å². The predicted molar refractivity (Wildman–Crippen MR) is 107 cm³/mol. The largest absolute Gasteiger partial charge is 0.495 e. The van der Waals surface area contributed by atoms with Gasteiger partial charge >= 0.3 is 11.7 Å². The number of fused-ring (bicyclic) bond motifs is 1. The molecule has 2 aromatic heterocycles. The standard InChI is InChI=1S/C20H15N5O5/c1-30-13-5-3-2-4-12(13)25-18-15(23-20(25)29)14(16(21)26)22-17(24-18)10-6-8-11(9-7-10)19(27)28/h2-9H,1H3,(H2,21,26)(H,23,29)(H,27,28). The molecule has 10 nitrogen and oxygen atoms in total. The minimum Gasteiger partial charge on any atom is -0.495 e. The molecule has 0 aliphatic heterocycles. The second-order valence-corrected chi connectivity index (χ2v) is 6.28. The van der Waals surface area contributed by atoms with E-state index in [1.807, 2.05) is 0 Å². The minimum absolute atomic E-state index is 0.0857. The number of imidazole rings is 1. The lowest BCUT2D eigenvalue weighted by Crippen LogP contribution is -2.16. The van der Waals surface area contributed by atoms with Crippen LogP contribution in [0.2, 0.25) is 0 Å². The number of H-pyrrole nitrogens is 1. The summed E-state index contributed by atoms with van der Waals surface area (Å²) in [7, 11) is 1.47. The lowest BCUT2D eigenvalue weighted by molar-refractivity contribution is 0.0696. The molecule has 0 radical (unpaired) electrons. The zero-order chi connectivity index (χ0) is 21.4. The van der Waals surface area contributed by atoms with E-state index in [1.54, 1.807) is 24.3 Å². The number of carbonyl (C=O) groups excluding carboxylic acids is 1. The van der Waals surface area contributed by atoms with E-state index in [0.29, 0.717) is 17.0 Å². The summed E-state index contributed by atoms with van der Waals surface area (Å²) in [5.74, 6) is -1.39. The van der Waals surface area contributed by atoms with Gasteiger partial charge in [0.05, 0.1) is 18.4 Å². The minimum atomic E-state index is -1.08. The number of nitrogens with two attached hydrogens (primary N) is 1. The summed E-state index contributed by atoms with van der Waals surface area (Å²) < 4.78 is 6.60. The van der Waals surface area contributed by atoms with Gasteiger partial charge in [0.25, 0.3) is 5.91 Å². The zero-order valence-electron chi connectivity index (χ0n) is 15.6. The summed E-state index contributed by atoms with van der Waals surface area (Å²) in [6.07, 6.45) is 0. The van der Waals surface area contributed by atoms with Gasteiger partial charge in [-0.1, -0.05) is 24.3 Å². The van der Waals surface area contributed by atoms with Gasteiger partial charge in [-0.15, -0.1) is 0 Å². The molecule has 0 atom stereocenters. The number of hydrogen-bond acceptors (Lipinski definition) is 6. The van der Waals surface area contributed by atoms with Gasteiger partial charge in [-0.05, 0) is 24.3 Å². The molecule has 0 saturated carbocycles. The number of hydrogen-bond donors (Lipinski definition) is 3. The second kappa shape index (κ2) is 7.17. The molecule has 0 unspecified atom stereocenters. The molecule has 2 aromatic carbocycles. The van der Waals surface area contributed by atoms with Crippen molar-refractivity contribution in [3.8, 4) is 22.8 Å². The summed E-state index contributed by atoms with van der Waals surface area (Å²) in [5, 5.41) is 9.07. The average molecular weight is 405 g/mol. The molecule has 0 aliphatic rings. The highest BCUT2D eigenvalue weighted by Crippen LogP contribution is 2.26. The van der Waals surface area contributed by atoms with Crippen molar-refractivity contribution in [2.75, 3.05) is 7.11 Å². The smallest absolute Gasteiger partial charge is 0.335 e. The fraction of sp³-hybridized carbons (Fsp3) is 0.0500. The molecule has 2 heterocycles. The summed E-state index contributed by atoms with van der Waals surface area (Å²) >= 11 is 0. The summed E-state index contributed by atoms with van der Waals surface area (Å²) in [4.78, 5) is 47.0. The number of rotatable bonds is 5. The highest BCUT2D eigenvalue weighted by Gasteiger charge is 2.21. The number of nitrogens with one attached hydrogen (secondary N) is 1. The first-order valence-electron chi connectivity index (χ1n) is 8.70. The van der Waals surface area contributed by atoms with E-state index in [2.05, 4.69) is 15.0 Å². The van der Waals surface area contributed by atoms with Gasteiger partial charge in [-0.25, -0.2) is 24.1 Å². The molecule has 0 spiro atoms. The Morgan fingerprint density at radius 2 is 1.80 bits per heavy atom. The SMILES string of the molecule is COc1ccccc1-n1c(=O)[nH]c2c(C(N)=O)nc(-c3ccc(C(=O)O)cc3)nc21. The lowest BCUT2D eigenvalue weighted by atomic mass is 10.1. The average Bonchev–Trinajstić information content (AvgIpc) is 3.08. The van der Waals surface area contributed by atoms with Crippen LogP contribution in [-0.4, -0.2) is 43.6 Å². The van der Waals surface area contributed by atoms with Crippen molar-refractivity contribution in [3.05, 3.63) is 70.3 Å². The van der Waals surface area contributed by atoms with E-state index >= 15 is 0 Å². The molecule has 0 bridgehead atoms. The second-order valence-electron chi connectivity index (χ2n) is 6.28. The highest BCUT2D eigenvalue weighted by molar-refractivity contribution is 6.02. The fourth-order valence-corrected chi connectivity index (χ4v) is 3.09. The first-order chi connectivity index (χ1) is 14.4. The number of carboxylic acids is 1. The van der Waals surface area contributed by atoms with E-state index in [9.17, 15) is 14.4 Å². The van der Waals surface area contributed by atoms with E-state index in [4.69, 9.17) is 15.6 Å². The van der Waals surface area contributed by atoms with Crippen LogP contribution in [0.4, 0.5) is 0 Å². The number of aromatic nitrogens is 4. The van der Waals surface area contributed by atoms with Crippen LogP contribution in [0.25, 0.3) is 28.2 Å². The molecule has 30 heavy (non-hydrogen) atoms. The molecule has 4 aromatic rings. The maximum Gasteiger partial charge on any atom is 0.335 e. The van der Waals surface area contributed by atoms with Gasteiger partial charge in [-0.2, -0.15) is 0 Å². The van der Waals surface area contributed by atoms with Crippen LogP contribution in [0.1, 0.15) is 20.8 Å². The van der Waals surface area contributed by atoms with Crippen LogP contribution in [0.15, 0.2) is 53.3 Å². The molecule has 0 saturated heterocycles. The number of amides is 1. The van der Waals surface area contributed by atoms with Gasteiger partial charge in [-0.3, -0.25) is 4.79 Å². The summed E-state index contributed by atoms with van der Waals surface area (Å²) in [6, 6.07) is 12.6. The summed E-state index contributed by atoms with van der Waals surface area (Å²) in [5.41, 5.74) is 5.93. The number of carbonyl (C=O) groups is 2. The normalized spacial score (nSPS) is 10.8. The topological polar surface area (TPSA) is 153 Å². The lowest BCUT2D eigenvalue weighted by Gasteiger charge is -2.10. The van der Waals surface area contributed by atoms with Crippen molar-refractivity contribution in [3.63, 3.8) is 0 Å². The molecular weight excluding hydrogens is 390 g/mol. The Labute approximate surface area is 168 Å². The van der Waals surface area contributed by atoms with Gasteiger partial charge in [0, 0.05) is 5.56 Å². The number of ether oxygens (including phenoxy) is 1. The highest BCUT2D eigenvalue weighted by atomic mass is 16.5. The van der Waals surface area contributed by atoms with Crippen LogP contribution in [0, 0.1) is 0 Å². The van der Waals surface area contributed by atoms with Gasteiger partial charge in [0.15, 0.2) is 17.2 Å². The van der Waals surface area contributed by atoms with Crippen molar-refractivity contribution in [2.24, 2.45) is 5.73 Å². The Morgan fingerprint density at radius 3 is 2.43 bits per heavy atom. The number of carboxylic acid groups (broad SMARTS) is 1. The number of primary amides is 1. The van der Waals surface area contributed by atoms with Crippen molar-refractivity contribution in [1.29, 1.82) is 0 Å². The molecule has 0 aliphatic carbocycles. The van der Waals surface area contributed by atoms with Crippen molar-refractivity contribution >= 4 is 23.0 Å². The Balaban J connectivity index is 2.02. The Hall–Kier alpha value is -4.47. The molecule has 150 valence electrons. The predicted octanol–water partition coefficient (Wildman–Crippen LogP) is 1.58. The van der Waals surface area contributed by atoms with Crippen LogP contribution < -0.4 is 16.2 Å². The molecular formula is C20H15N5O5. The fourth-order valence-electron chi connectivity index (χ4n) is 3.09. The van der Waals surface area contributed by atoms with E-state index in [-0.39, 0.29) is 28.2 Å². The van der Waals surface area contributed by atoms with Gasteiger partial charge in [0.1, 0.15) is 11.3 Å². The Bertz CT molecular complexity index is 1350. The summed E-state index contributed by atoms with van der Waals surface area (Å²) in [6.45, 7) is 0. The third-order valence-corrected chi connectivity index (χ3v) is 4.49. The van der Waals surface area contributed by atoms with E-state index < -0.39 is 17.6 Å².